The predicted molar refractivity (Wildman–Crippen MR) is 93.4 cm³/mol. The minimum atomic E-state index is 0.271. The number of hydrogen-bond acceptors (Lipinski definition) is 1. The molecule has 0 aromatic heterocycles. The molecule has 0 aliphatic heterocycles. The highest BCUT2D eigenvalue weighted by molar-refractivity contribution is 6.36. The molecular formula is C18H27Cl2N. The minimum Gasteiger partial charge on any atom is -0.313 e. The molecule has 1 aliphatic rings. The molecule has 3 heteroatoms. The lowest BCUT2D eigenvalue weighted by atomic mass is 9.75. The molecule has 1 saturated carbocycles. The quantitative estimate of drug-likeness (QED) is 0.597. The molecule has 1 aromatic carbocycles. The van der Waals surface area contributed by atoms with Crippen LogP contribution in [0.5, 0.6) is 0 Å². The SMILES string of the molecule is CCCCC(CC)(CNC1CC1)Cc1c(Cl)cccc1Cl. The third-order valence-electron chi connectivity index (χ3n) is 4.77. The second kappa shape index (κ2) is 7.85. The fourth-order valence-corrected chi connectivity index (χ4v) is 3.47. The molecule has 1 aromatic rings. The molecule has 1 N–H and O–H groups in total. The lowest BCUT2D eigenvalue weighted by Crippen LogP contribution is -2.37. The molecule has 1 unspecified atom stereocenters. The van der Waals surface area contributed by atoms with Gasteiger partial charge in [0.15, 0.2) is 0 Å². The van der Waals surface area contributed by atoms with Crippen molar-refractivity contribution in [2.24, 2.45) is 5.41 Å². The zero-order valence-electron chi connectivity index (χ0n) is 13.2. The molecular weight excluding hydrogens is 301 g/mol. The summed E-state index contributed by atoms with van der Waals surface area (Å²) in [7, 11) is 0. The van der Waals surface area contributed by atoms with Gasteiger partial charge in [-0.25, -0.2) is 0 Å². The largest absolute Gasteiger partial charge is 0.313 e. The minimum absolute atomic E-state index is 0.271. The fourth-order valence-electron chi connectivity index (χ4n) is 2.94. The van der Waals surface area contributed by atoms with Gasteiger partial charge in [0.25, 0.3) is 0 Å². The monoisotopic (exact) mass is 327 g/mol. The van der Waals surface area contributed by atoms with Crippen LogP contribution in [0.2, 0.25) is 10.0 Å². The molecule has 0 heterocycles. The van der Waals surface area contributed by atoms with Crippen molar-refractivity contribution in [3.8, 4) is 0 Å². The number of nitrogens with one attached hydrogen (secondary N) is 1. The normalized spacial score (nSPS) is 17.7. The first-order valence-electron chi connectivity index (χ1n) is 8.26. The highest BCUT2D eigenvalue weighted by Crippen LogP contribution is 2.38. The van der Waals surface area contributed by atoms with Crippen LogP contribution in [0.3, 0.4) is 0 Å². The van der Waals surface area contributed by atoms with Crippen LogP contribution in [0.15, 0.2) is 18.2 Å². The zero-order valence-corrected chi connectivity index (χ0v) is 14.7. The molecule has 1 atom stereocenters. The molecule has 1 nitrogen and oxygen atoms in total. The van der Waals surface area contributed by atoms with Crippen LogP contribution >= 0.6 is 23.2 Å². The maximum atomic E-state index is 6.40. The number of unbranched alkanes of at least 4 members (excludes halogenated alkanes) is 1. The van der Waals surface area contributed by atoms with Crippen LogP contribution in [0.4, 0.5) is 0 Å². The van der Waals surface area contributed by atoms with Gasteiger partial charge in [-0.2, -0.15) is 0 Å². The van der Waals surface area contributed by atoms with Crippen molar-refractivity contribution in [3.05, 3.63) is 33.8 Å². The average Bonchev–Trinajstić information content (AvgIpc) is 3.30. The van der Waals surface area contributed by atoms with Gasteiger partial charge in [0.2, 0.25) is 0 Å². The molecule has 118 valence electrons. The second-order valence-corrected chi connectivity index (χ2v) is 7.30. The molecule has 1 fully saturated rings. The van der Waals surface area contributed by atoms with Crippen molar-refractivity contribution in [2.75, 3.05) is 6.54 Å². The standard InChI is InChI=1S/C18H27Cl2N/c1-3-5-11-18(4-2,13-21-14-9-10-14)12-15-16(19)7-6-8-17(15)20/h6-8,14,21H,3-5,9-13H2,1-2H3. The van der Waals surface area contributed by atoms with Gasteiger partial charge in [-0.1, -0.05) is 56.0 Å². The van der Waals surface area contributed by atoms with E-state index in [1.807, 2.05) is 18.2 Å². The first-order valence-corrected chi connectivity index (χ1v) is 9.02. The van der Waals surface area contributed by atoms with Gasteiger partial charge >= 0.3 is 0 Å². The van der Waals surface area contributed by atoms with Crippen molar-refractivity contribution >= 4 is 23.2 Å². The second-order valence-electron chi connectivity index (χ2n) is 6.49. The van der Waals surface area contributed by atoms with Gasteiger partial charge < -0.3 is 5.32 Å². The van der Waals surface area contributed by atoms with Crippen LogP contribution in [-0.2, 0) is 6.42 Å². The summed E-state index contributed by atoms with van der Waals surface area (Å²) in [6.45, 7) is 5.64. The van der Waals surface area contributed by atoms with E-state index in [1.54, 1.807) is 0 Å². The highest BCUT2D eigenvalue weighted by Gasteiger charge is 2.32. The maximum Gasteiger partial charge on any atom is 0.0453 e. The topological polar surface area (TPSA) is 12.0 Å². The van der Waals surface area contributed by atoms with Gasteiger partial charge in [-0.05, 0) is 55.2 Å². The van der Waals surface area contributed by atoms with Crippen molar-refractivity contribution < 1.29 is 0 Å². The van der Waals surface area contributed by atoms with E-state index >= 15 is 0 Å². The first kappa shape index (κ1) is 17.1. The Bertz CT molecular complexity index is 436. The Hall–Kier alpha value is -0.240. The zero-order chi connectivity index (χ0) is 15.3. The highest BCUT2D eigenvalue weighted by atomic mass is 35.5. The third-order valence-corrected chi connectivity index (χ3v) is 5.48. The molecule has 21 heavy (non-hydrogen) atoms. The fraction of sp³-hybridized carbons (Fsp3) is 0.667. The van der Waals surface area contributed by atoms with E-state index < -0.39 is 0 Å². The maximum absolute atomic E-state index is 6.40. The van der Waals surface area contributed by atoms with Crippen molar-refractivity contribution in [2.45, 2.75) is 64.8 Å². The van der Waals surface area contributed by atoms with E-state index in [0.29, 0.717) is 0 Å². The third kappa shape index (κ3) is 4.87. The van der Waals surface area contributed by atoms with Crippen LogP contribution in [0.1, 0.15) is 57.9 Å². The van der Waals surface area contributed by atoms with Gasteiger partial charge in [-0.3, -0.25) is 0 Å². The molecule has 1 aliphatic carbocycles. The van der Waals surface area contributed by atoms with E-state index in [9.17, 15) is 0 Å². The van der Waals surface area contributed by atoms with E-state index in [1.165, 1.54) is 32.1 Å². The number of benzene rings is 1. The Balaban J connectivity index is 2.15. The summed E-state index contributed by atoms with van der Waals surface area (Å²) in [6.07, 6.45) is 8.54. The van der Waals surface area contributed by atoms with Crippen LogP contribution in [0, 0.1) is 5.41 Å². The van der Waals surface area contributed by atoms with Gasteiger partial charge in [-0.15, -0.1) is 0 Å². The summed E-state index contributed by atoms with van der Waals surface area (Å²) in [5.74, 6) is 0. The van der Waals surface area contributed by atoms with Crippen LogP contribution in [-0.4, -0.2) is 12.6 Å². The number of halogens is 2. The Labute approximate surface area is 139 Å². The summed E-state index contributed by atoms with van der Waals surface area (Å²) in [4.78, 5) is 0. The summed E-state index contributed by atoms with van der Waals surface area (Å²) in [6, 6.07) is 6.59. The smallest absolute Gasteiger partial charge is 0.0453 e. The Morgan fingerprint density at radius 2 is 1.86 bits per heavy atom. The molecule has 0 saturated heterocycles. The van der Waals surface area contributed by atoms with Gasteiger partial charge in [0, 0.05) is 22.6 Å². The Morgan fingerprint density at radius 3 is 2.38 bits per heavy atom. The Morgan fingerprint density at radius 1 is 1.19 bits per heavy atom. The summed E-state index contributed by atoms with van der Waals surface area (Å²) < 4.78 is 0. The van der Waals surface area contributed by atoms with Gasteiger partial charge in [0.05, 0.1) is 0 Å². The van der Waals surface area contributed by atoms with Crippen molar-refractivity contribution in [1.29, 1.82) is 0 Å². The van der Waals surface area contributed by atoms with E-state index in [0.717, 1.165) is 41.0 Å². The van der Waals surface area contributed by atoms with E-state index in [4.69, 9.17) is 23.2 Å². The molecule has 0 spiro atoms. The summed E-state index contributed by atoms with van der Waals surface area (Å²) >= 11 is 12.8. The molecule has 2 rings (SSSR count). The van der Waals surface area contributed by atoms with Crippen molar-refractivity contribution in [1.82, 2.24) is 5.32 Å². The van der Waals surface area contributed by atoms with E-state index in [2.05, 4.69) is 19.2 Å². The Kier molecular flexibility index (Phi) is 6.40. The molecule has 0 radical (unpaired) electrons. The first-order chi connectivity index (χ1) is 10.1. The van der Waals surface area contributed by atoms with Crippen LogP contribution < -0.4 is 5.32 Å². The predicted octanol–water partition coefficient (Wildman–Crippen LogP) is 5.87. The lowest BCUT2D eigenvalue weighted by molar-refractivity contribution is 0.228. The molecule has 0 bridgehead atoms. The number of hydrogen-bond donors (Lipinski definition) is 1. The van der Waals surface area contributed by atoms with E-state index in [-0.39, 0.29) is 5.41 Å². The van der Waals surface area contributed by atoms with Crippen molar-refractivity contribution in [3.63, 3.8) is 0 Å². The summed E-state index contributed by atoms with van der Waals surface area (Å²) in [5, 5.41) is 5.35. The average molecular weight is 328 g/mol. The molecule has 0 amide bonds. The number of rotatable bonds is 9. The van der Waals surface area contributed by atoms with Crippen LogP contribution in [0.25, 0.3) is 0 Å². The summed E-state index contributed by atoms with van der Waals surface area (Å²) in [5.41, 5.74) is 1.39. The lowest BCUT2D eigenvalue weighted by Gasteiger charge is -2.34. The van der Waals surface area contributed by atoms with Gasteiger partial charge in [0.1, 0.15) is 0 Å².